The Morgan fingerprint density at radius 1 is 1.38 bits per heavy atom. The summed E-state index contributed by atoms with van der Waals surface area (Å²) in [5.41, 5.74) is 12.4. The molecule has 5 N–H and O–H groups in total. The maximum Gasteiger partial charge on any atom is 0.272 e. The third-order valence-electron chi connectivity index (χ3n) is 2.84. The number of nitrogens with two attached hydrogens (primary N) is 2. The summed E-state index contributed by atoms with van der Waals surface area (Å²) in [5.74, 6) is -0.820. The number of nitrogen functional groups attached to an aromatic ring is 1. The van der Waals surface area contributed by atoms with Crippen LogP contribution in [0.3, 0.4) is 0 Å². The van der Waals surface area contributed by atoms with E-state index >= 15 is 0 Å². The molecule has 7 nitrogen and oxygen atoms in total. The van der Waals surface area contributed by atoms with E-state index in [-0.39, 0.29) is 24.1 Å². The first-order valence-electron chi connectivity index (χ1n) is 6.46. The minimum atomic E-state index is -0.465. The minimum absolute atomic E-state index is 0.0850. The molecule has 21 heavy (non-hydrogen) atoms. The number of aromatic nitrogens is 2. The number of carbonyl (C=O) groups excluding carboxylic acids is 2. The van der Waals surface area contributed by atoms with Crippen LogP contribution in [0.2, 0.25) is 0 Å². The van der Waals surface area contributed by atoms with E-state index in [9.17, 15) is 9.59 Å². The maximum atomic E-state index is 12.0. The Kier molecular flexibility index (Phi) is 4.22. The number of carbonyl (C=O) groups is 2. The highest BCUT2D eigenvalue weighted by Gasteiger charge is 2.14. The van der Waals surface area contributed by atoms with Crippen LogP contribution < -0.4 is 16.8 Å². The third-order valence-corrected chi connectivity index (χ3v) is 2.84. The van der Waals surface area contributed by atoms with E-state index in [1.165, 1.54) is 0 Å². The number of hydrogen-bond acceptors (Lipinski definition) is 4. The standard InChI is InChI=1S/C14H17N5O2/c1-9(7-13(16)20)17-14(21)12-5-6-19(18-12)11-4-2-3-10(15)8-11/h2-6,8-9H,7,15H2,1H3,(H2,16,20)(H,17,21). The molecule has 1 atom stereocenters. The van der Waals surface area contributed by atoms with Crippen LogP contribution in [0.4, 0.5) is 5.69 Å². The summed E-state index contributed by atoms with van der Waals surface area (Å²) < 4.78 is 1.56. The molecule has 0 bridgehead atoms. The highest BCUT2D eigenvalue weighted by Crippen LogP contribution is 2.11. The van der Waals surface area contributed by atoms with Gasteiger partial charge in [0, 0.05) is 24.3 Å². The van der Waals surface area contributed by atoms with Gasteiger partial charge in [0.05, 0.1) is 5.69 Å². The SMILES string of the molecule is CC(CC(N)=O)NC(=O)c1ccn(-c2cccc(N)c2)n1. The van der Waals surface area contributed by atoms with E-state index in [2.05, 4.69) is 10.4 Å². The Labute approximate surface area is 121 Å². The summed E-state index contributed by atoms with van der Waals surface area (Å²) in [5, 5.41) is 6.85. The average Bonchev–Trinajstić information content (AvgIpc) is 2.87. The molecule has 0 radical (unpaired) electrons. The van der Waals surface area contributed by atoms with Crippen molar-refractivity contribution in [3.8, 4) is 5.69 Å². The van der Waals surface area contributed by atoms with Gasteiger partial charge in [-0.3, -0.25) is 9.59 Å². The van der Waals surface area contributed by atoms with Crippen LogP contribution in [0, 0.1) is 0 Å². The van der Waals surface area contributed by atoms with Crippen molar-refractivity contribution < 1.29 is 9.59 Å². The first-order chi connectivity index (χ1) is 9.95. The lowest BCUT2D eigenvalue weighted by Crippen LogP contribution is -2.35. The molecule has 0 aliphatic carbocycles. The fraction of sp³-hybridized carbons (Fsp3) is 0.214. The zero-order valence-electron chi connectivity index (χ0n) is 11.6. The molecular weight excluding hydrogens is 270 g/mol. The lowest BCUT2D eigenvalue weighted by Gasteiger charge is -2.10. The van der Waals surface area contributed by atoms with Crippen LogP contribution in [-0.4, -0.2) is 27.6 Å². The van der Waals surface area contributed by atoms with E-state index in [1.54, 1.807) is 42.1 Å². The van der Waals surface area contributed by atoms with Gasteiger partial charge < -0.3 is 16.8 Å². The summed E-state index contributed by atoms with van der Waals surface area (Å²) in [6.07, 6.45) is 1.75. The van der Waals surface area contributed by atoms with Crippen LogP contribution in [0.15, 0.2) is 36.5 Å². The van der Waals surface area contributed by atoms with Crippen molar-refractivity contribution in [3.05, 3.63) is 42.2 Å². The van der Waals surface area contributed by atoms with E-state index in [4.69, 9.17) is 11.5 Å². The maximum absolute atomic E-state index is 12.0. The average molecular weight is 287 g/mol. The van der Waals surface area contributed by atoms with Gasteiger partial charge in [-0.2, -0.15) is 5.10 Å². The lowest BCUT2D eigenvalue weighted by molar-refractivity contribution is -0.118. The quantitative estimate of drug-likeness (QED) is 0.692. The molecule has 2 aromatic rings. The lowest BCUT2D eigenvalue weighted by atomic mass is 10.2. The zero-order valence-corrected chi connectivity index (χ0v) is 11.6. The van der Waals surface area contributed by atoms with Gasteiger partial charge in [0.1, 0.15) is 0 Å². The minimum Gasteiger partial charge on any atom is -0.399 e. The van der Waals surface area contributed by atoms with Crippen LogP contribution in [0.1, 0.15) is 23.8 Å². The molecule has 1 aromatic carbocycles. The topological polar surface area (TPSA) is 116 Å². The van der Waals surface area contributed by atoms with Gasteiger partial charge in [-0.15, -0.1) is 0 Å². The third kappa shape index (κ3) is 3.82. The van der Waals surface area contributed by atoms with Crippen molar-refractivity contribution in [2.75, 3.05) is 5.73 Å². The number of benzene rings is 1. The van der Waals surface area contributed by atoms with Crippen molar-refractivity contribution >= 4 is 17.5 Å². The largest absolute Gasteiger partial charge is 0.399 e. The van der Waals surface area contributed by atoms with E-state index in [1.807, 2.05) is 6.07 Å². The molecule has 1 unspecified atom stereocenters. The van der Waals surface area contributed by atoms with Crippen LogP contribution >= 0.6 is 0 Å². The molecule has 110 valence electrons. The van der Waals surface area contributed by atoms with Gasteiger partial charge in [-0.25, -0.2) is 4.68 Å². The predicted molar refractivity (Wildman–Crippen MR) is 78.7 cm³/mol. The molecule has 1 aromatic heterocycles. The molecule has 2 amide bonds. The second-order valence-corrected chi connectivity index (χ2v) is 4.79. The van der Waals surface area contributed by atoms with Crippen molar-refractivity contribution in [3.63, 3.8) is 0 Å². The van der Waals surface area contributed by atoms with Gasteiger partial charge in [0.15, 0.2) is 5.69 Å². The molecular formula is C14H17N5O2. The number of hydrogen-bond donors (Lipinski definition) is 3. The van der Waals surface area contributed by atoms with E-state index in [0.717, 1.165) is 5.69 Å². The Hall–Kier alpha value is -2.83. The van der Waals surface area contributed by atoms with Gasteiger partial charge in [0.2, 0.25) is 5.91 Å². The van der Waals surface area contributed by atoms with Crippen molar-refractivity contribution in [1.29, 1.82) is 0 Å². The fourth-order valence-corrected chi connectivity index (χ4v) is 1.91. The highest BCUT2D eigenvalue weighted by molar-refractivity contribution is 5.92. The smallest absolute Gasteiger partial charge is 0.272 e. The normalized spacial score (nSPS) is 11.9. The van der Waals surface area contributed by atoms with Gasteiger partial charge in [0.25, 0.3) is 5.91 Å². The Balaban J connectivity index is 2.09. The number of nitrogens with zero attached hydrogens (tertiary/aromatic N) is 2. The molecule has 2 rings (SSSR count). The summed E-state index contributed by atoms with van der Waals surface area (Å²) in [4.78, 5) is 22.8. The molecule has 0 aliphatic heterocycles. The fourth-order valence-electron chi connectivity index (χ4n) is 1.91. The second-order valence-electron chi connectivity index (χ2n) is 4.79. The Morgan fingerprint density at radius 3 is 2.81 bits per heavy atom. The molecule has 7 heteroatoms. The van der Waals surface area contributed by atoms with Crippen LogP contribution in [0.25, 0.3) is 5.69 Å². The van der Waals surface area contributed by atoms with Gasteiger partial charge in [-0.05, 0) is 31.2 Å². The van der Waals surface area contributed by atoms with Crippen molar-refractivity contribution in [2.45, 2.75) is 19.4 Å². The van der Waals surface area contributed by atoms with Crippen LogP contribution in [0.5, 0.6) is 0 Å². The molecule has 0 fully saturated rings. The Morgan fingerprint density at radius 2 is 2.14 bits per heavy atom. The number of rotatable bonds is 5. The summed E-state index contributed by atoms with van der Waals surface area (Å²) in [7, 11) is 0. The summed E-state index contributed by atoms with van der Waals surface area (Å²) >= 11 is 0. The summed E-state index contributed by atoms with van der Waals surface area (Å²) in [6, 6.07) is 8.42. The monoisotopic (exact) mass is 287 g/mol. The van der Waals surface area contributed by atoms with Crippen molar-refractivity contribution in [1.82, 2.24) is 15.1 Å². The second kappa shape index (κ2) is 6.08. The number of nitrogens with one attached hydrogen (secondary N) is 1. The van der Waals surface area contributed by atoms with Gasteiger partial charge >= 0.3 is 0 Å². The first kappa shape index (κ1) is 14.6. The highest BCUT2D eigenvalue weighted by atomic mass is 16.2. The van der Waals surface area contributed by atoms with E-state index in [0.29, 0.717) is 5.69 Å². The van der Waals surface area contributed by atoms with Crippen molar-refractivity contribution in [2.24, 2.45) is 5.73 Å². The molecule has 0 saturated carbocycles. The number of amides is 2. The molecule has 0 spiro atoms. The molecule has 1 heterocycles. The van der Waals surface area contributed by atoms with Crippen LogP contribution in [-0.2, 0) is 4.79 Å². The zero-order chi connectivity index (χ0) is 15.4. The molecule has 0 saturated heterocycles. The van der Waals surface area contributed by atoms with E-state index < -0.39 is 5.91 Å². The molecule has 0 aliphatic rings. The first-order valence-corrected chi connectivity index (χ1v) is 6.46. The number of primary amides is 1. The Bertz CT molecular complexity index is 665. The number of anilines is 1. The van der Waals surface area contributed by atoms with Gasteiger partial charge in [-0.1, -0.05) is 6.07 Å². The summed E-state index contributed by atoms with van der Waals surface area (Å²) in [6.45, 7) is 1.71. The predicted octanol–water partition coefficient (Wildman–Crippen LogP) is 0.448.